The highest BCUT2D eigenvalue weighted by molar-refractivity contribution is 7.99. The average molecular weight is 386 g/mol. The number of imidazole rings is 1. The highest BCUT2D eigenvalue weighted by Gasteiger charge is 2.21. The number of hydrogen-bond donors (Lipinski definition) is 0. The number of hydrogen-bond acceptors (Lipinski definition) is 3. The summed E-state index contributed by atoms with van der Waals surface area (Å²) in [4.78, 5) is 4.68. The van der Waals surface area contributed by atoms with E-state index in [-0.39, 0.29) is 5.75 Å². The van der Waals surface area contributed by atoms with Crippen LogP contribution in [0.1, 0.15) is 25.7 Å². The van der Waals surface area contributed by atoms with E-state index in [1.54, 1.807) is 36.0 Å². The van der Waals surface area contributed by atoms with Crippen LogP contribution in [0.25, 0.3) is 16.9 Å². The fourth-order valence-electron chi connectivity index (χ4n) is 3.41. The first-order chi connectivity index (χ1) is 13.2. The quantitative estimate of drug-likeness (QED) is 0.506. The highest BCUT2D eigenvalue weighted by Crippen LogP contribution is 2.37. The van der Waals surface area contributed by atoms with Crippen LogP contribution in [0, 0.1) is 0 Å². The second-order valence-electron chi connectivity index (χ2n) is 6.52. The third-order valence-electron chi connectivity index (χ3n) is 4.69. The van der Waals surface area contributed by atoms with Gasteiger partial charge in [-0.25, -0.2) is 4.98 Å². The molecular weight excluding hydrogens is 366 g/mol. The Morgan fingerprint density at radius 1 is 1.00 bits per heavy atom. The van der Waals surface area contributed by atoms with Crippen molar-refractivity contribution >= 4 is 11.8 Å². The second kappa shape index (κ2) is 8.13. The van der Waals surface area contributed by atoms with Gasteiger partial charge in [0.2, 0.25) is 0 Å². The fraction of sp³-hybridized carbons (Fsp3) is 0.286. The molecule has 27 heavy (non-hydrogen) atoms. The first-order valence-electron chi connectivity index (χ1n) is 9.06. The number of alkyl halides is 2. The van der Waals surface area contributed by atoms with E-state index in [9.17, 15) is 8.78 Å². The lowest BCUT2D eigenvalue weighted by atomic mass is 10.1. The third-order valence-corrected chi connectivity index (χ3v) is 6.00. The van der Waals surface area contributed by atoms with Gasteiger partial charge in [-0.15, -0.1) is 0 Å². The van der Waals surface area contributed by atoms with Crippen molar-refractivity contribution in [3.63, 3.8) is 0 Å². The van der Waals surface area contributed by atoms with Crippen LogP contribution in [-0.2, 0) is 0 Å². The number of ether oxygens (including phenoxy) is 1. The van der Waals surface area contributed by atoms with E-state index in [0.717, 1.165) is 22.1 Å². The maximum Gasteiger partial charge on any atom is 0.387 e. The van der Waals surface area contributed by atoms with Crippen molar-refractivity contribution in [1.29, 1.82) is 0 Å². The third kappa shape index (κ3) is 4.16. The number of nitrogens with zero attached hydrogens (tertiary/aromatic N) is 2. The Hall–Kier alpha value is -2.34. The molecule has 6 heteroatoms. The monoisotopic (exact) mass is 386 g/mol. The van der Waals surface area contributed by atoms with E-state index in [1.165, 1.54) is 25.7 Å². The minimum absolute atomic E-state index is 0.153. The summed E-state index contributed by atoms with van der Waals surface area (Å²) in [5.41, 5.74) is 2.93. The number of rotatable bonds is 6. The summed E-state index contributed by atoms with van der Waals surface area (Å²) in [5, 5.41) is 1.51. The molecular formula is C21H20F2N2OS. The molecule has 0 atom stereocenters. The predicted octanol–water partition coefficient (Wildman–Crippen LogP) is 6.18. The van der Waals surface area contributed by atoms with E-state index in [2.05, 4.69) is 14.3 Å². The normalized spacial score (nSPS) is 14.8. The van der Waals surface area contributed by atoms with Crippen LogP contribution in [-0.4, -0.2) is 21.4 Å². The van der Waals surface area contributed by atoms with Crippen LogP contribution < -0.4 is 4.74 Å². The zero-order valence-electron chi connectivity index (χ0n) is 14.7. The number of benzene rings is 2. The van der Waals surface area contributed by atoms with Gasteiger partial charge in [-0.05, 0) is 37.1 Å². The Bertz CT molecular complexity index is 875. The Morgan fingerprint density at radius 3 is 2.37 bits per heavy atom. The molecule has 1 aliphatic carbocycles. The molecule has 0 saturated heterocycles. The summed E-state index contributed by atoms with van der Waals surface area (Å²) >= 11 is 1.80. The van der Waals surface area contributed by atoms with E-state index >= 15 is 0 Å². The molecule has 1 aromatic heterocycles. The summed E-state index contributed by atoms with van der Waals surface area (Å²) < 4.78 is 31.4. The lowest BCUT2D eigenvalue weighted by Crippen LogP contribution is -2.04. The van der Waals surface area contributed by atoms with Gasteiger partial charge in [0.15, 0.2) is 5.16 Å². The van der Waals surface area contributed by atoms with E-state index < -0.39 is 6.61 Å². The van der Waals surface area contributed by atoms with Crippen molar-refractivity contribution in [2.45, 2.75) is 42.7 Å². The van der Waals surface area contributed by atoms with Gasteiger partial charge in [0.05, 0.1) is 11.9 Å². The molecule has 1 heterocycles. The van der Waals surface area contributed by atoms with Crippen molar-refractivity contribution in [3.8, 4) is 22.7 Å². The van der Waals surface area contributed by atoms with Gasteiger partial charge >= 0.3 is 6.61 Å². The Morgan fingerprint density at radius 2 is 1.70 bits per heavy atom. The first-order valence-corrected chi connectivity index (χ1v) is 9.94. The molecule has 0 aliphatic heterocycles. The maximum absolute atomic E-state index is 12.4. The van der Waals surface area contributed by atoms with Crippen LogP contribution in [0.5, 0.6) is 5.75 Å². The Labute approximate surface area is 161 Å². The molecule has 0 unspecified atom stereocenters. The largest absolute Gasteiger partial charge is 0.435 e. The van der Waals surface area contributed by atoms with Gasteiger partial charge in [-0.3, -0.25) is 4.57 Å². The van der Waals surface area contributed by atoms with Crippen molar-refractivity contribution in [2.24, 2.45) is 0 Å². The van der Waals surface area contributed by atoms with Crippen LogP contribution in [0.3, 0.4) is 0 Å². The molecule has 0 bridgehead atoms. The fourth-order valence-corrected chi connectivity index (χ4v) is 4.70. The van der Waals surface area contributed by atoms with Gasteiger partial charge in [-0.1, -0.05) is 54.9 Å². The van der Waals surface area contributed by atoms with Gasteiger partial charge in [0.1, 0.15) is 5.75 Å². The standard InChI is InChI=1S/C21H20F2N2OS/c22-20(23)26-17-12-10-16(11-13-17)25-19(15-6-2-1-3-7-15)14-24-21(25)27-18-8-4-5-9-18/h1-3,6-7,10-14,18,20H,4-5,8-9H2. The van der Waals surface area contributed by atoms with Crippen LogP contribution >= 0.6 is 11.8 Å². The van der Waals surface area contributed by atoms with Gasteiger partial charge < -0.3 is 4.74 Å². The number of aromatic nitrogens is 2. The van der Waals surface area contributed by atoms with E-state index in [4.69, 9.17) is 0 Å². The smallest absolute Gasteiger partial charge is 0.387 e. The molecule has 1 saturated carbocycles. The Balaban J connectivity index is 1.72. The molecule has 0 radical (unpaired) electrons. The SMILES string of the molecule is FC(F)Oc1ccc(-n2c(-c3ccccc3)cnc2SC2CCCC2)cc1. The van der Waals surface area contributed by atoms with E-state index in [1.807, 2.05) is 36.5 Å². The van der Waals surface area contributed by atoms with Crippen molar-refractivity contribution < 1.29 is 13.5 Å². The van der Waals surface area contributed by atoms with Crippen LogP contribution in [0.2, 0.25) is 0 Å². The molecule has 2 aromatic carbocycles. The zero-order chi connectivity index (χ0) is 18.6. The maximum atomic E-state index is 12.4. The summed E-state index contributed by atoms with van der Waals surface area (Å²) in [7, 11) is 0. The van der Waals surface area contributed by atoms with Gasteiger partial charge in [0.25, 0.3) is 0 Å². The summed E-state index contributed by atoms with van der Waals surface area (Å²) in [6, 6.07) is 16.8. The lowest BCUT2D eigenvalue weighted by molar-refractivity contribution is -0.0498. The molecule has 0 amide bonds. The molecule has 4 rings (SSSR count). The molecule has 140 valence electrons. The van der Waals surface area contributed by atoms with Crippen molar-refractivity contribution in [2.75, 3.05) is 0 Å². The minimum atomic E-state index is -2.82. The Kier molecular flexibility index (Phi) is 5.43. The minimum Gasteiger partial charge on any atom is -0.435 e. The highest BCUT2D eigenvalue weighted by atomic mass is 32.2. The van der Waals surface area contributed by atoms with Gasteiger partial charge in [0, 0.05) is 16.5 Å². The topological polar surface area (TPSA) is 27.1 Å². The predicted molar refractivity (Wildman–Crippen MR) is 104 cm³/mol. The summed E-state index contributed by atoms with van der Waals surface area (Å²) in [6.45, 7) is -2.82. The second-order valence-corrected chi connectivity index (χ2v) is 7.79. The molecule has 1 fully saturated rings. The number of thioether (sulfide) groups is 1. The van der Waals surface area contributed by atoms with Crippen LogP contribution in [0.4, 0.5) is 8.78 Å². The average Bonchev–Trinajstić information content (AvgIpc) is 3.33. The summed E-state index contributed by atoms with van der Waals surface area (Å²) in [6.07, 6.45) is 6.84. The zero-order valence-corrected chi connectivity index (χ0v) is 15.5. The summed E-state index contributed by atoms with van der Waals surface area (Å²) in [5.74, 6) is 0.153. The van der Waals surface area contributed by atoms with Gasteiger partial charge in [-0.2, -0.15) is 8.78 Å². The van der Waals surface area contributed by atoms with Crippen LogP contribution in [0.15, 0.2) is 66.0 Å². The molecule has 0 spiro atoms. The first kappa shape index (κ1) is 18.0. The lowest BCUT2D eigenvalue weighted by Gasteiger charge is -2.15. The van der Waals surface area contributed by atoms with E-state index in [0.29, 0.717) is 5.25 Å². The molecule has 0 N–H and O–H groups in total. The molecule has 3 aromatic rings. The number of halogens is 2. The van der Waals surface area contributed by atoms with Crippen molar-refractivity contribution in [3.05, 3.63) is 60.8 Å². The molecule has 3 nitrogen and oxygen atoms in total. The molecule has 1 aliphatic rings. The van der Waals surface area contributed by atoms with Crippen molar-refractivity contribution in [1.82, 2.24) is 9.55 Å².